The molecule has 3 heteroatoms. The third-order valence-electron chi connectivity index (χ3n) is 1.40. The van der Waals surface area contributed by atoms with E-state index >= 15 is 0 Å². The van der Waals surface area contributed by atoms with Gasteiger partial charge in [0.2, 0.25) is 5.91 Å². The molecule has 2 N–H and O–H groups in total. The third-order valence-corrected chi connectivity index (χ3v) is 1.40. The van der Waals surface area contributed by atoms with Gasteiger partial charge < -0.3 is 10.4 Å². The van der Waals surface area contributed by atoms with Crippen molar-refractivity contribution in [3.8, 4) is 0 Å². The zero-order chi connectivity index (χ0) is 7.98. The lowest BCUT2D eigenvalue weighted by Gasteiger charge is -2.12. The summed E-state index contributed by atoms with van der Waals surface area (Å²) in [5, 5.41) is 11.3. The first-order chi connectivity index (χ1) is 4.74. The minimum atomic E-state index is -0.0625. The summed E-state index contributed by atoms with van der Waals surface area (Å²) >= 11 is 0. The highest BCUT2D eigenvalue weighted by atomic mass is 16.3. The van der Waals surface area contributed by atoms with Gasteiger partial charge in [0.25, 0.3) is 0 Å². The highest BCUT2D eigenvalue weighted by molar-refractivity contribution is 5.75. The van der Waals surface area contributed by atoms with Gasteiger partial charge in [0.15, 0.2) is 0 Å². The zero-order valence-electron chi connectivity index (χ0n) is 6.55. The maximum Gasteiger partial charge on any atom is 0.220 e. The van der Waals surface area contributed by atoms with E-state index in [0.717, 1.165) is 6.42 Å². The molecule has 0 heterocycles. The van der Waals surface area contributed by atoms with E-state index in [9.17, 15) is 4.79 Å². The van der Waals surface area contributed by atoms with E-state index in [0.29, 0.717) is 6.42 Å². The second kappa shape index (κ2) is 5.23. The molecule has 0 unspecified atom stereocenters. The van der Waals surface area contributed by atoms with Gasteiger partial charge in [-0.15, -0.1) is 0 Å². The Hall–Kier alpha value is -0.570. The standard InChI is InChI=1S/C7H15NO2/c1-3-6(5-9)8-7(10)4-2/h6,9H,3-5H2,1-2H3,(H,8,10)/t6-/m1/s1. The number of rotatable bonds is 4. The smallest absolute Gasteiger partial charge is 0.220 e. The van der Waals surface area contributed by atoms with Crippen LogP contribution in [0.4, 0.5) is 0 Å². The van der Waals surface area contributed by atoms with Crippen molar-refractivity contribution in [1.29, 1.82) is 0 Å². The zero-order valence-corrected chi connectivity index (χ0v) is 6.55. The summed E-state index contributed by atoms with van der Waals surface area (Å²) in [5.41, 5.74) is 0. The summed E-state index contributed by atoms with van der Waals surface area (Å²) < 4.78 is 0. The van der Waals surface area contributed by atoms with Crippen molar-refractivity contribution in [1.82, 2.24) is 5.32 Å². The largest absolute Gasteiger partial charge is 0.394 e. The van der Waals surface area contributed by atoms with Crippen LogP contribution in [0.25, 0.3) is 0 Å². The average Bonchev–Trinajstić information content (AvgIpc) is 1.99. The summed E-state index contributed by atoms with van der Waals surface area (Å²) in [5.74, 6) is 0.000833. The summed E-state index contributed by atoms with van der Waals surface area (Å²) in [7, 11) is 0. The maximum atomic E-state index is 10.7. The van der Waals surface area contributed by atoms with Crippen LogP contribution in [-0.4, -0.2) is 23.7 Å². The van der Waals surface area contributed by atoms with Crippen molar-refractivity contribution in [3.05, 3.63) is 0 Å². The summed E-state index contributed by atoms with van der Waals surface area (Å²) in [6, 6.07) is -0.0625. The highest BCUT2D eigenvalue weighted by Crippen LogP contribution is 1.89. The van der Waals surface area contributed by atoms with Gasteiger partial charge in [-0.1, -0.05) is 13.8 Å². The molecule has 0 spiro atoms. The summed E-state index contributed by atoms with van der Waals surface area (Å²) in [6.07, 6.45) is 1.26. The fraction of sp³-hybridized carbons (Fsp3) is 0.857. The van der Waals surface area contributed by atoms with Crippen LogP contribution in [0.5, 0.6) is 0 Å². The Morgan fingerprint density at radius 1 is 1.60 bits per heavy atom. The maximum absolute atomic E-state index is 10.7. The van der Waals surface area contributed by atoms with Gasteiger partial charge in [-0.05, 0) is 6.42 Å². The van der Waals surface area contributed by atoms with E-state index in [4.69, 9.17) is 5.11 Å². The van der Waals surface area contributed by atoms with Crippen molar-refractivity contribution >= 4 is 5.91 Å². The molecule has 10 heavy (non-hydrogen) atoms. The number of carbonyl (C=O) groups excluding carboxylic acids is 1. The van der Waals surface area contributed by atoms with Gasteiger partial charge in [-0.2, -0.15) is 0 Å². The Morgan fingerprint density at radius 3 is 2.50 bits per heavy atom. The lowest BCUT2D eigenvalue weighted by atomic mass is 10.2. The van der Waals surface area contributed by atoms with Crippen LogP contribution in [0.2, 0.25) is 0 Å². The van der Waals surface area contributed by atoms with Crippen LogP contribution in [0, 0.1) is 0 Å². The van der Waals surface area contributed by atoms with Crippen molar-refractivity contribution < 1.29 is 9.90 Å². The van der Waals surface area contributed by atoms with Gasteiger partial charge >= 0.3 is 0 Å². The lowest BCUT2D eigenvalue weighted by molar-refractivity contribution is -0.121. The normalized spacial score (nSPS) is 12.7. The van der Waals surface area contributed by atoms with Crippen LogP contribution in [-0.2, 0) is 4.79 Å². The number of nitrogens with one attached hydrogen (secondary N) is 1. The number of amides is 1. The Kier molecular flexibility index (Phi) is 4.94. The van der Waals surface area contributed by atoms with Gasteiger partial charge in [0, 0.05) is 6.42 Å². The van der Waals surface area contributed by atoms with Gasteiger partial charge in [0.05, 0.1) is 12.6 Å². The second-order valence-corrected chi connectivity index (χ2v) is 2.21. The molecule has 0 aliphatic rings. The van der Waals surface area contributed by atoms with Gasteiger partial charge in [0.1, 0.15) is 0 Å². The predicted octanol–water partition coefficient (Wildman–Crippen LogP) is 0.283. The second-order valence-electron chi connectivity index (χ2n) is 2.21. The van der Waals surface area contributed by atoms with Crippen LogP contribution >= 0.6 is 0 Å². The monoisotopic (exact) mass is 145 g/mol. The minimum absolute atomic E-state index is 0.000833. The first kappa shape index (κ1) is 9.43. The topological polar surface area (TPSA) is 49.3 Å². The van der Waals surface area contributed by atoms with Crippen LogP contribution < -0.4 is 5.32 Å². The molecule has 0 aliphatic carbocycles. The van der Waals surface area contributed by atoms with E-state index in [2.05, 4.69) is 5.32 Å². The molecular formula is C7H15NO2. The van der Waals surface area contributed by atoms with Crippen LogP contribution in [0.1, 0.15) is 26.7 Å². The number of aliphatic hydroxyl groups excluding tert-OH is 1. The SMILES string of the molecule is CCC(=O)N[C@H](CC)CO. The molecule has 0 aliphatic heterocycles. The van der Waals surface area contributed by atoms with E-state index < -0.39 is 0 Å². The molecule has 0 aromatic heterocycles. The predicted molar refractivity (Wildman–Crippen MR) is 39.6 cm³/mol. The van der Waals surface area contributed by atoms with E-state index in [1.54, 1.807) is 6.92 Å². The number of hydrogen-bond acceptors (Lipinski definition) is 2. The van der Waals surface area contributed by atoms with Crippen molar-refractivity contribution in [2.24, 2.45) is 0 Å². The first-order valence-corrected chi connectivity index (χ1v) is 3.64. The van der Waals surface area contributed by atoms with Crippen molar-refractivity contribution in [2.75, 3.05) is 6.61 Å². The first-order valence-electron chi connectivity index (χ1n) is 3.64. The molecule has 0 saturated heterocycles. The quantitative estimate of drug-likeness (QED) is 0.597. The molecule has 0 aromatic rings. The fourth-order valence-corrected chi connectivity index (χ4v) is 0.607. The summed E-state index contributed by atoms with van der Waals surface area (Å²) in [6.45, 7) is 3.75. The molecule has 0 fully saturated rings. The van der Waals surface area contributed by atoms with Crippen LogP contribution in [0.15, 0.2) is 0 Å². The van der Waals surface area contributed by atoms with E-state index in [1.165, 1.54) is 0 Å². The van der Waals surface area contributed by atoms with E-state index in [-0.39, 0.29) is 18.6 Å². The Balaban J connectivity index is 3.52. The number of carbonyl (C=O) groups is 1. The molecule has 0 rings (SSSR count). The lowest BCUT2D eigenvalue weighted by Crippen LogP contribution is -2.36. The molecule has 0 radical (unpaired) electrons. The Bertz CT molecular complexity index is 99.8. The molecule has 60 valence electrons. The Labute approximate surface area is 61.4 Å². The fourth-order valence-electron chi connectivity index (χ4n) is 0.607. The Morgan fingerprint density at radius 2 is 2.20 bits per heavy atom. The van der Waals surface area contributed by atoms with Crippen molar-refractivity contribution in [2.45, 2.75) is 32.7 Å². The molecule has 1 atom stereocenters. The molecule has 1 amide bonds. The third kappa shape index (κ3) is 3.45. The highest BCUT2D eigenvalue weighted by Gasteiger charge is 2.05. The molecule has 3 nitrogen and oxygen atoms in total. The average molecular weight is 145 g/mol. The molecular weight excluding hydrogens is 130 g/mol. The van der Waals surface area contributed by atoms with Gasteiger partial charge in [-0.3, -0.25) is 4.79 Å². The minimum Gasteiger partial charge on any atom is -0.394 e. The van der Waals surface area contributed by atoms with Crippen molar-refractivity contribution in [3.63, 3.8) is 0 Å². The molecule has 0 saturated carbocycles. The number of aliphatic hydroxyl groups is 1. The van der Waals surface area contributed by atoms with Gasteiger partial charge in [-0.25, -0.2) is 0 Å². The summed E-state index contributed by atoms with van der Waals surface area (Å²) in [4.78, 5) is 10.7. The number of hydrogen-bond donors (Lipinski definition) is 2. The van der Waals surface area contributed by atoms with Crippen LogP contribution in [0.3, 0.4) is 0 Å². The van der Waals surface area contributed by atoms with E-state index in [1.807, 2.05) is 6.92 Å². The molecule has 0 bridgehead atoms. The molecule has 0 aromatic carbocycles.